The van der Waals surface area contributed by atoms with E-state index < -0.39 is 0 Å². The summed E-state index contributed by atoms with van der Waals surface area (Å²) in [5.41, 5.74) is 1.87. The molecular formula is C13H17NO. The van der Waals surface area contributed by atoms with E-state index in [9.17, 15) is 4.79 Å². The highest BCUT2D eigenvalue weighted by atomic mass is 16.1. The zero-order valence-corrected chi connectivity index (χ0v) is 9.12. The van der Waals surface area contributed by atoms with E-state index in [4.69, 9.17) is 0 Å². The fourth-order valence-electron chi connectivity index (χ4n) is 2.25. The third kappa shape index (κ3) is 2.20. The van der Waals surface area contributed by atoms with Crippen molar-refractivity contribution in [3.63, 3.8) is 0 Å². The lowest BCUT2D eigenvalue weighted by Crippen LogP contribution is -2.11. The number of rotatable bonds is 3. The van der Waals surface area contributed by atoms with Crippen LogP contribution in [0.4, 0.5) is 5.69 Å². The molecule has 0 aromatic heterocycles. The summed E-state index contributed by atoms with van der Waals surface area (Å²) in [6.45, 7) is 0. The molecule has 1 aliphatic carbocycles. The molecule has 2 heteroatoms. The zero-order valence-electron chi connectivity index (χ0n) is 9.12. The molecule has 0 aliphatic heterocycles. The Morgan fingerprint density at radius 1 is 1.33 bits per heavy atom. The third-order valence-corrected chi connectivity index (χ3v) is 3.16. The van der Waals surface area contributed by atoms with E-state index in [-0.39, 0.29) is 5.92 Å². The maximum atomic E-state index is 12.1. The van der Waals surface area contributed by atoms with Crippen LogP contribution in [0, 0.1) is 5.92 Å². The molecule has 1 saturated carbocycles. The molecule has 0 saturated heterocycles. The van der Waals surface area contributed by atoms with Gasteiger partial charge in [-0.05, 0) is 25.0 Å². The Kier molecular flexibility index (Phi) is 3.05. The minimum atomic E-state index is 0.275. The SMILES string of the molecule is CNc1cccc(C(=O)C2CCCC2)c1. The second kappa shape index (κ2) is 4.47. The molecule has 2 rings (SSSR count). The molecule has 1 fully saturated rings. The van der Waals surface area contributed by atoms with E-state index in [1.807, 2.05) is 31.3 Å². The number of benzene rings is 1. The molecule has 15 heavy (non-hydrogen) atoms. The van der Waals surface area contributed by atoms with E-state index in [1.165, 1.54) is 12.8 Å². The minimum absolute atomic E-state index is 0.275. The average Bonchev–Trinajstić information content (AvgIpc) is 2.81. The lowest BCUT2D eigenvalue weighted by molar-refractivity contribution is 0.0923. The maximum Gasteiger partial charge on any atom is 0.166 e. The van der Waals surface area contributed by atoms with Gasteiger partial charge in [0.25, 0.3) is 0 Å². The number of hydrogen-bond acceptors (Lipinski definition) is 2. The summed E-state index contributed by atoms with van der Waals surface area (Å²) in [5.74, 6) is 0.599. The standard InChI is InChI=1S/C13H17NO/c1-14-12-8-4-7-11(9-12)13(15)10-5-2-3-6-10/h4,7-10,14H,2-3,5-6H2,1H3. The van der Waals surface area contributed by atoms with Crippen LogP contribution in [0.2, 0.25) is 0 Å². The van der Waals surface area contributed by atoms with Crippen LogP contribution in [0.5, 0.6) is 0 Å². The Morgan fingerprint density at radius 3 is 2.73 bits per heavy atom. The highest BCUT2D eigenvalue weighted by molar-refractivity contribution is 5.98. The van der Waals surface area contributed by atoms with Crippen molar-refractivity contribution in [3.05, 3.63) is 29.8 Å². The maximum absolute atomic E-state index is 12.1. The molecule has 0 radical (unpaired) electrons. The zero-order chi connectivity index (χ0) is 10.7. The average molecular weight is 203 g/mol. The number of anilines is 1. The van der Waals surface area contributed by atoms with Crippen LogP contribution >= 0.6 is 0 Å². The largest absolute Gasteiger partial charge is 0.388 e. The molecule has 0 amide bonds. The molecule has 0 unspecified atom stereocenters. The van der Waals surface area contributed by atoms with Gasteiger partial charge in [-0.2, -0.15) is 0 Å². The molecular weight excluding hydrogens is 186 g/mol. The van der Waals surface area contributed by atoms with Crippen molar-refractivity contribution in [2.24, 2.45) is 5.92 Å². The molecule has 1 N–H and O–H groups in total. The molecule has 1 aliphatic rings. The van der Waals surface area contributed by atoms with E-state index in [0.717, 1.165) is 24.1 Å². The highest BCUT2D eigenvalue weighted by Crippen LogP contribution is 2.28. The van der Waals surface area contributed by atoms with Gasteiger partial charge in [0.05, 0.1) is 0 Å². The third-order valence-electron chi connectivity index (χ3n) is 3.16. The summed E-state index contributed by atoms with van der Waals surface area (Å²) in [5, 5.41) is 3.06. The highest BCUT2D eigenvalue weighted by Gasteiger charge is 2.23. The first-order chi connectivity index (χ1) is 7.31. The van der Waals surface area contributed by atoms with E-state index in [2.05, 4.69) is 5.32 Å². The van der Waals surface area contributed by atoms with Crippen LogP contribution in [-0.4, -0.2) is 12.8 Å². The second-order valence-electron chi connectivity index (χ2n) is 4.18. The van der Waals surface area contributed by atoms with Crippen LogP contribution in [-0.2, 0) is 0 Å². The summed E-state index contributed by atoms with van der Waals surface area (Å²) in [6.07, 6.45) is 4.56. The van der Waals surface area contributed by atoms with Crippen molar-refractivity contribution in [1.82, 2.24) is 0 Å². The monoisotopic (exact) mass is 203 g/mol. The van der Waals surface area contributed by atoms with Crippen molar-refractivity contribution in [1.29, 1.82) is 0 Å². The Hall–Kier alpha value is -1.31. The smallest absolute Gasteiger partial charge is 0.166 e. The van der Waals surface area contributed by atoms with Gasteiger partial charge in [0.15, 0.2) is 5.78 Å². The quantitative estimate of drug-likeness (QED) is 0.765. The van der Waals surface area contributed by atoms with Crippen molar-refractivity contribution in [3.8, 4) is 0 Å². The second-order valence-corrected chi connectivity index (χ2v) is 4.18. The Balaban J connectivity index is 2.17. The van der Waals surface area contributed by atoms with E-state index in [0.29, 0.717) is 5.78 Å². The van der Waals surface area contributed by atoms with Gasteiger partial charge in [0.2, 0.25) is 0 Å². The predicted molar refractivity (Wildman–Crippen MR) is 62.3 cm³/mol. The minimum Gasteiger partial charge on any atom is -0.388 e. The number of nitrogens with one attached hydrogen (secondary N) is 1. The lowest BCUT2D eigenvalue weighted by atomic mass is 9.96. The van der Waals surface area contributed by atoms with Crippen LogP contribution in [0.25, 0.3) is 0 Å². The Labute approximate surface area is 90.7 Å². The number of carbonyl (C=O) groups excluding carboxylic acids is 1. The topological polar surface area (TPSA) is 29.1 Å². The molecule has 0 spiro atoms. The summed E-state index contributed by atoms with van der Waals surface area (Å²) in [7, 11) is 1.87. The lowest BCUT2D eigenvalue weighted by Gasteiger charge is -2.09. The molecule has 0 bridgehead atoms. The van der Waals surface area contributed by atoms with E-state index in [1.54, 1.807) is 0 Å². The van der Waals surface area contributed by atoms with Gasteiger partial charge in [0, 0.05) is 24.2 Å². The van der Waals surface area contributed by atoms with Gasteiger partial charge in [-0.3, -0.25) is 4.79 Å². The molecule has 2 nitrogen and oxygen atoms in total. The number of carbonyl (C=O) groups is 1. The fraction of sp³-hybridized carbons (Fsp3) is 0.462. The van der Waals surface area contributed by atoms with Crippen LogP contribution in [0.15, 0.2) is 24.3 Å². The first kappa shape index (κ1) is 10.2. The molecule has 1 aromatic rings. The van der Waals surface area contributed by atoms with E-state index >= 15 is 0 Å². The van der Waals surface area contributed by atoms with Gasteiger partial charge in [-0.25, -0.2) is 0 Å². The molecule has 0 atom stereocenters. The first-order valence-electron chi connectivity index (χ1n) is 5.63. The van der Waals surface area contributed by atoms with Crippen molar-refractivity contribution in [2.45, 2.75) is 25.7 Å². The first-order valence-corrected chi connectivity index (χ1v) is 5.63. The summed E-state index contributed by atoms with van der Waals surface area (Å²) < 4.78 is 0. The Morgan fingerprint density at radius 2 is 2.07 bits per heavy atom. The fourth-order valence-corrected chi connectivity index (χ4v) is 2.25. The van der Waals surface area contributed by atoms with Gasteiger partial charge < -0.3 is 5.32 Å². The van der Waals surface area contributed by atoms with Gasteiger partial charge >= 0.3 is 0 Å². The molecule has 1 aromatic carbocycles. The van der Waals surface area contributed by atoms with Crippen LogP contribution in [0.1, 0.15) is 36.0 Å². The van der Waals surface area contributed by atoms with Gasteiger partial charge in [0.1, 0.15) is 0 Å². The number of hydrogen-bond donors (Lipinski definition) is 1. The van der Waals surface area contributed by atoms with Crippen LogP contribution in [0.3, 0.4) is 0 Å². The predicted octanol–water partition coefficient (Wildman–Crippen LogP) is 3.10. The summed E-state index contributed by atoms with van der Waals surface area (Å²) in [4.78, 5) is 12.1. The number of ketones is 1. The van der Waals surface area contributed by atoms with Gasteiger partial charge in [-0.15, -0.1) is 0 Å². The van der Waals surface area contributed by atoms with Crippen molar-refractivity contribution in [2.75, 3.05) is 12.4 Å². The van der Waals surface area contributed by atoms with Crippen LogP contribution < -0.4 is 5.32 Å². The normalized spacial score (nSPS) is 16.6. The summed E-state index contributed by atoms with van der Waals surface area (Å²) in [6, 6.07) is 7.78. The van der Waals surface area contributed by atoms with Gasteiger partial charge in [-0.1, -0.05) is 25.0 Å². The van der Waals surface area contributed by atoms with Crippen molar-refractivity contribution < 1.29 is 4.79 Å². The molecule has 0 heterocycles. The van der Waals surface area contributed by atoms with Crippen molar-refractivity contribution >= 4 is 11.5 Å². The number of Topliss-reactive ketones (excluding diaryl/α,β-unsaturated/α-hetero) is 1. The molecule has 80 valence electrons. The summed E-state index contributed by atoms with van der Waals surface area (Å²) >= 11 is 0. The Bertz CT molecular complexity index is 353.